The van der Waals surface area contributed by atoms with Crippen molar-refractivity contribution in [2.75, 3.05) is 20.8 Å². The minimum absolute atomic E-state index is 0.00207. The summed E-state index contributed by atoms with van der Waals surface area (Å²) in [6.45, 7) is 1.03. The van der Waals surface area contributed by atoms with Crippen LogP contribution in [-0.2, 0) is 38.5 Å². The van der Waals surface area contributed by atoms with E-state index in [0.717, 1.165) is 16.7 Å². The standard InChI is InChI=1S/C36H42O10/c1-20(39)45-33-16-26(46-36(42)10-21-5-4-6-22(9-21)18-37)11-24(23-7-8-31(40)34(14-23)43-2)12-28-29(33)13-25-15-35(44-3)32(41)17-27(25)30(28)19-38/h4-9,14-15,17,24,26,28-30,33,37-38,40-41H,10-13,16,18-19H2,1-3H3. The van der Waals surface area contributed by atoms with Crippen molar-refractivity contribution in [2.45, 2.75) is 69.7 Å². The van der Waals surface area contributed by atoms with E-state index in [-0.39, 0.29) is 61.2 Å². The van der Waals surface area contributed by atoms with Gasteiger partial charge in [-0.1, -0.05) is 30.3 Å². The maximum atomic E-state index is 13.3. The van der Waals surface area contributed by atoms with Crippen LogP contribution >= 0.6 is 0 Å². The van der Waals surface area contributed by atoms with Crippen molar-refractivity contribution in [3.8, 4) is 23.0 Å². The van der Waals surface area contributed by atoms with E-state index in [2.05, 4.69) is 0 Å². The molecule has 6 atom stereocenters. The molecule has 3 aromatic rings. The molecule has 6 unspecified atom stereocenters. The average molecular weight is 635 g/mol. The second kappa shape index (κ2) is 14.4. The van der Waals surface area contributed by atoms with Crippen LogP contribution in [0.3, 0.4) is 0 Å². The summed E-state index contributed by atoms with van der Waals surface area (Å²) in [6.07, 6.45) is 0.456. The molecule has 10 nitrogen and oxygen atoms in total. The minimum Gasteiger partial charge on any atom is -0.504 e. The van der Waals surface area contributed by atoms with E-state index >= 15 is 0 Å². The van der Waals surface area contributed by atoms with Crippen LogP contribution in [0.4, 0.5) is 0 Å². The second-order valence-corrected chi connectivity index (χ2v) is 12.3. The third-order valence-electron chi connectivity index (χ3n) is 9.45. The molecule has 1 saturated carbocycles. The number of hydrogen-bond donors (Lipinski definition) is 4. The van der Waals surface area contributed by atoms with E-state index in [1.54, 1.807) is 48.5 Å². The number of aliphatic hydroxyl groups excluding tert-OH is 2. The fourth-order valence-electron chi connectivity index (χ4n) is 7.40. The zero-order valence-corrected chi connectivity index (χ0v) is 26.3. The Bertz CT molecular complexity index is 1550. The fraction of sp³-hybridized carbons (Fsp3) is 0.444. The van der Waals surface area contributed by atoms with E-state index in [0.29, 0.717) is 41.9 Å². The first kappa shape index (κ1) is 33.1. The number of aliphatic hydroxyl groups is 2. The quantitative estimate of drug-likeness (QED) is 0.247. The number of benzene rings is 3. The minimum atomic E-state index is -0.619. The van der Waals surface area contributed by atoms with E-state index in [1.165, 1.54) is 21.1 Å². The lowest BCUT2D eigenvalue weighted by Gasteiger charge is -2.46. The number of methoxy groups -OCH3 is 2. The predicted molar refractivity (Wildman–Crippen MR) is 168 cm³/mol. The molecule has 0 radical (unpaired) electrons. The summed E-state index contributed by atoms with van der Waals surface area (Å²) in [6, 6.07) is 15.7. The van der Waals surface area contributed by atoms with Crippen LogP contribution in [0.15, 0.2) is 54.6 Å². The highest BCUT2D eigenvalue weighted by molar-refractivity contribution is 5.73. The van der Waals surface area contributed by atoms with Crippen LogP contribution in [0.25, 0.3) is 0 Å². The first-order chi connectivity index (χ1) is 22.1. The monoisotopic (exact) mass is 634 g/mol. The lowest BCUT2D eigenvalue weighted by Crippen LogP contribution is -2.45. The zero-order chi connectivity index (χ0) is 33.0. The largest absolute Gasteiger partial charge is 0.504 e. The van der Waals surface area contributed by atoms with E-state index in [9.17, 15) is 30.0 Å². The maximum Gasteiger partial charge on any atom is 0.310 e. The normalized spacial score (nSPS) is 24.0. The SMILES string of the molecule is COc1cc(C2CC(OC(=O)Cc3cccc(CO)c3)CC(OC(C)=O)C3Cc4cc(OC)c(O)cc4C(CO)C3C2)ccc1O. The predicted octanol–water partition coefficient (Wildman–Crippen LogP) is 4.53. The molecule has 2 aliphatic rings. The first-order valence-electron chi connectivity index (χ1n) is 15.6. The Morgan fingerprint density at radius 2 is 1.57 bits per heavy atom. The second-order valence-electron chi connectivity index (χ2n) is 12.3. The molecule has 46 heavy (non-hydrogen) atoms. The molecule has 3 aromatic carbocycles. The summed E-state index contributed by atoms with van der Waals surface area (Å²) in [7, 11) is 2.96. The number of carbonyl (C=O) groups excluding carboxylic acids is 2. The van der Waals surface area contributed by atoms with Crippen LogP contribution < -0.4 is 9.47 Å². The Kier molecular flexibility index (Phi) is 10.4. The highest BCUT2D eigenvalue weighted by Gasteiger charge is 2.46. The van der Waals surface area contributed by atoms with E-state index < -0.39 is 24.1 Å². The van der Waals surface area contributed by atoms with Crippen LogP contribution in [-0.4, -0.2) is 65.4 Å². The molecule has 4 N–H and O–H groups in total. The molecule has 0 aromatic heterocycles. The molecule has 5 rings (SSSR count). The number of fused-ring (bicyclic) bond motifs is 2. The van der Waals surface area contributed by atoms with Gasteiger partial charge in [-0.05, 0) is 83.2 Å². The molecule has 0 amide bonds. The van der Waals surface area contributed by atoms with Crippen molar-refractivity contribution in [1.29, 1.82) is 0 Å². The molecule has 0 bridgehead atoms. The third-order valence-corrected chi connectivity index (χ3v) is 9.45. The molecular formula is C36H42O10. The average Bonchev–Trinajstić information content (AvgIpc) is 3.02. The lowest BCUT2D eigenvalue weighted by atomic mass is 9.61. The van der Waals surface area contributed by atoms with Crippen molar-refractivity contribution < 1.29 is 49.0 Å². The summed E-state index contributed by atoms with van der Waals surface area (Å²) in [5.41, 5.74) is 3.98. The molecule has 1 fully saturated rings. The lowest BCUT2D eigenvalue weighted by molar-refractivity contribution is -0.160. The van der Waals surface area contributed by atoms with Gasteiger partial charge >= 0.3 is 11.9 Å². The van der Waals surface area contributed by atoms with Crippen molar-refractivity contribution in [2.24, 2.45) is 11.8 Å². The van der Waals surface area contributed by atoms with Gasteiger partial charge in [-0.3, -0.25) is 9.59 Å². The molecule has 0 aliphatic heterocycles. The molecule has 10 heteroatoms. The van der Waals surface area contributed by atoms with Gasteiger partial charge in [0.05, 0.1) is 33.9 Å². The van der Waals surface area contributed by atoms with Crippen LogP contribution in [0.2, 0.25) is 0 Å². The number of phenols is 2. The molecular weight excluding hydrogens is 592 g/mol. The number of aromatic hydroxyl groups is 2. The Hall–Kier alpha value is -4.28. The Morgan fingerprint density at radius 3 is 2.26 bits per heavy atom. The molecule has 0 heterocycles. The van der Waals surface area contributed by atoms with Crippen molar-refractivity contribution in [3.63, 3.8) is 0 Å². The number of esters is 2. The molecule has 2 aliphatic carbocycles. The van der Waals surface area contributed by atoms with Gasteiger partial charge in [-0.15, -0.1) is 0 Å². The Morgan fingerprint density at radius 1 is 0.826 bits per heavy atom. The molecule has 0 saturated heterocycles. The van der Waals surface area contributed by atoms with Crippen LogP contribution in [0.1, 0.15) is 65.8 Å². The van der Waals surface area contributed by atoms with Crippen molar-refractivity contribution in [1.82, 2.24) is 0 Å². The number of phenolic OH excluding ortho intramolecular Hbond substituents is 2. The smallest absolute Gasteiger partial charge is 0.310 e. The number of hydrogen-bond acceptors (Lipinski definition) is 10. The number of carbonyl (C=O) groups is 2. The van der Waals surface area contributed by atoms with Crippen molar-refractivity contribution >= 4 is 11.9 Å². The molecule has 0 spiro atoms. The van der Waals surface area contributed by atoms with Crippen LogP contribution in [0.5, 0.6) is 23.0 Å². The van der Waals surface area contributed by atoms with E-state index in [1.807, 2.05) is 6.07 Å². The van der Waals surface area contributed by atoms with Gasteiger partial charge in [0, 0.05) is 25.2 Å². The van der Waals surface area contributed by atoms with Gasteiger partial charge in [0.1, 0.15) is 12.2 Å². The van der Waals surface area contributed by atoms with Crippen molar-refractivity contribution in [3.05, 3.63) is 82.4 Å². The Labute approximate surface area is 268 Å². The number of rotatable bonds is 9. The summed E-state index contributed by atoms with van der Waals surface area (Å²) >= 11 is 0. The summed E-state index contributed by atoms with van der Waals surface area (Å²) in [5, 5.41) is 41.3. The highest BCUT2D eigenvalue weighted by atomic mass is 16.6. The van der Waals surface area contributed by atoms with Gasteiger partial charge in [-0.25, -0.2) is 0 Å². The van der Waals surface area contributed by atoms with Gasteiger partial charge in [0.2, 0.25) is 0 Å². The fourth-order valence-corrected chi connectivity index (χ4v) is 7.40. The highest BCUT2D eigenvalue weighted by Crippen LogP contribution is 2.51. The first-order valence-corrected chi connectivity index (χ1v) is 15.6. The maximum absolute atomic E-state index is 13.3. The Balaban J connectivity index is 1.54. The van der Waals surface area contributed by atoms with E-state index in [4.69, 9.17) is 18.9 Å². The van der Waals surface area contributed by atoms with Gasteiger partial charge in [0.15, 0.2) is 23.0 Å². The summed E-state index contributed by atoms with van der Waals surface area (Å²) in [5.74, 6) is -1.25. The van der Waals surface area contributed by atoms with Gasteiger partial charge in [-0.2, -0.15) is 0 Å². The third kappa shape index (κ3) is 7.24. The summed E-state index contributed by atoms with van der Waals surface area (Å²) < 4.78 is 22.9. The topological polar surface area (TPSA) is 152 Å². The van der Waals surface area contributed by atoms with Gasteiger partial charge in [0.25, 0.3) is 0 Å². The van der Waals surface area contributed by atoms with Crippen LogP contribution in [0, 0.1) is 11.8 Å². The number of ether oxygens (including phenoxy) is 4. The van der Waals surface area contributed by atoms with Gasteiger partial charge < -0.3 is 39.4 Å². The zero-order valence-electron chi connectivity index (χ0n) is 26.3. The molecule has 246 valence electrons. The summed E-state index contributed by atoms with van der Waals surface area (Å²) in [4.78, 5) is 25.8.